The zero-order chi connectivity index (χ0) is 24.0. The molecule has 1 aromatic carbocycles. The summed E-state index contributed by atoms with van der Waals surface area (Å²) in [7, 11) is 0. The van der Waals surface area contributed by atoms with E-state index in [1.807, 2.05) is 20.8 Å². The molecule has 2 saturated heterocycles. The number of aromatic nitrogens is 1. The molecule has 0 bridgehead atoms. The number of carbonyl (C=O) groups is 2. The molecule has 1 aromatic heterocycles. The molecule has 1 spiro atoms. The lowest BCUT2D eigenvalue weighted by Crippen LogP contribution is -2.67. The van der Waals surface area contributed by atoms with Gasteiger partial charge in [0.25, 0.3) is 0 Å². The Morgan fingerprint density at radius 2 is 1.97 bits per heavy atom. The Balaban J connectivity index is 1.64. The van der Waals surface area contributed by atoms with Crippen molar-refractivity contribution in [3.05, 3.63) is 64.5 Å². The molecule has 33 heavy (non-hydrogen) atoms. The molecule has 0 saturated carbocycles. The van der Waals surface area contributed by atoms with Crippen LogP contribution >= 0.6 is 11.6 Å². The number of likely N-dealkylation sites (tertiary alicyclic amines) is 1. The number of hydrogen-bond donors (Lipinski definition) is 0. The van der Waals surface area contributed by atoms with Crippen molar-refractivity contribution in [1.82, 2.24) is 9.88 Å². The van der Waals surface area contributed by atoms with Gasteiger partial charge in [-0.1, -0.05) is 17.7 Å². The third-order valence-electron chi connectivity index (χ3n) is 6.10. The summed E-state index contributed by atoms with van der Waals surface area (Å²) in [5, 5.41) is -0.0731. The maximum Gasteiger partial charge on any atom is 0.410 e. The largest absolute Gasteiger partial charge is 0.444 e. The Bertz CT molecular complexity index is 1130. The first kappa shape index (κ1) is 23.0. The molecule has 0 aliphatic carbocycles. The van der Waals surface area contributed by atoms with Crippen LogP contribution in [-0.2, 0) is 9.53 Å². The molecule has 3 heterocycles. The zero-order valence-electron chi connectivity index (χ0n) is 18.6. The van der Waals surface area contributed by atoms with Crippen molar-refractivity contribution in [1.29, 1.82) is 0 Å². The fourth-order valence-electron chi connectivity index (χ4n) is 4.50. The molecule has 9 heteroatoms. The van der Waals surface area contributed by atoms with Gasteiger partial charge >= 0.3 is 6.09 Å². The van der Waals surface area contributed by atoms with Crippen LogP contribution < -0.4 is 4.90 Å². The van der Waals surface area contributed by atoms with E-state index in [1.165, 1.54) is 24.4 Å². The van der Waals surface area contributed by atoms with Crippen LogP contribution in [0.1, 0.15) is 45.3 Å². The van der Waals surface area contributed by atoms with E-state index in [-0.39, 0.29) is 10.9 Å². The summed E-state index contributed by atoms with van der Waals surface area (Å²) < 4.78 is 19.2. The average Bonchev–Trinajstić information content (AvgIpc) is 2.78. The predicted octanol–water partition coefficient (Wildman–Crippen LogP) is 5.53. The van der Waals surface area contributed by atoms with Crippen LogP contribution in [-0.4, -0.2) is 40.6 Å². The molecule has 2 amide bonds. The van der Waals surface area contributed by atoms with Crippen LogP contribution in [0, 0.1) is 17.8 Å². The van der Waals surface area contributed by atoms with E-state index in [1.54, 1.807) is 21.9 Å². The van der Waals surface area contributed by atoms with E-state index in [0.717, 1.165) is 0 Å². The number of amides is 2. The van der Waals surface area contributed by atoms with Gasteiger partial charge in [0.15, 0.2) is 0 Å². The van der Waals surface area contributed by atoms with Gasteiger partial charge in [-0.25, -0.2) is 14.0 Å². The molecule has 2 aliphatic heterocycles. The number of piperidine rings is 1. The SMILES string of the molecule is [C-]#[N+]c1ccc(C2N(c3ccc(F)c(Cl)c3)C(=O)C23CCN(C(=O)OC(C)(C)C)CC3)nc1. The van der Waals surface area contributed by atoms with E-state index in [4.69, 9.17) is 22.9 Å². The molecule has 2 aliphatic rings. The number of rotatable bonds is 2. The molecule has 172 valence electrons. The van der Waals surface area contributed by atoms with Crippen molar-refractivity contribution in [3.8, 4) is 0 Å². The second-order valence-electron chi connectivity index (χ2n) is 9.35. The fourth-order valence-corrected chi connectivity index (χ4v) is 4.67. The van der Waals surface area contributed by atoms with Gasteiger partial charge in [0.2, 0.25) is 11.6 Å². The van der Waals surface area contributed by atoms with E-state index < -0.39 is 29.0 Å². The summed E-state index contributed by atoms with van der Waals surface area (Å²) in [6.07, 6.45) is 1.95. The second kappa shape index (κ2) is 8.31. The lowest BCUT2D eigenvalue weighted by Gasteiger charge is -2.58. The van der Waals surface area contributed by atoms with Crippen LogP contribution in [0.25, 0.3) is 4.85 Å². The molecule has 4 rings (SSSR count). The number of carbonyl (C=O) groups excluding carboxylic acids is 2. The van der Waals surface area contributed by atoms with Crippen molar-refractivity contribution in [2.75, 3.05) is 18.0 Å². The highest BCUT2D eigenvalue weighted by Crippen LogP contribution is 2.57. The number of benzene rings is 1. The van der Waals surface area contributed by atoms with Crippen LogP contribution in [0.3, 0.4) is 0 Å². The first-order chi connectivity index (χ1) is 15.6. The number of β-lactam (4-membered cyclic amide) rings is 1. The van der Waals surface area contributed by atoms with Gasteiger partial charge in [-0.2, -0.15) is 0 Å². The third kappa shape index (κ3) is 4.13. The number of anilines is 1. The van der Waals surface area contributed by atoms with Crippen molar-refractivity contribution < 1.29 is 18.7 Å². The van der Waals surface area contributed by atoms with E-state index in [0.29, 0.717) is 43.0 Å². The molecular weight excluding hydrogens is 447 g/mol. The lowest BCUT2D eigenvalue weighted by atomic mass is 9.63. The highest BCUT2D eigenvalue weighted by molar-refractivity contribution is 6.31. The molecule has 1 atom stereocenters. The Hall–Kier alpha value is -3.18. The second-order valence-corrected chi connectivity index (χ2v) is 9.76. The van der Waals surface area contributed by atoms with Gasteiger partial charge in [-0.15, -0.1) is 0 Å². The summed E-state index contributed by atoms with van der Waals surface area (Å²) in [6, 6.07) is 7.16. The maximum atomic E-state index is 13.7. The molecular formula is C24H24ClFN4O3. The molecule has 2 fully saturated rings. The quantitative estimate of drug-likeness (QED) is 0.427. The Morgan fingerprint density at radius 3 is 2.52 bits per heavy atom. The fraction of sp³-hybridized carbons (Fsp3) is 0.417. The first-order valence-corrected chi connectivity index (χ1v) is 11.0. The van der Waals surface area contributed by atoms with Crippen LogP contribution in [0.4, 0.5) is 20.6 Å². The van der Waals surface area contributed by atoms with Gasteiger partial charge < -0.3 is 14.5 Å². The van der Waals surface area contributed by atoms with Crippen LogP contribution in [0.15, 0.2) is 36.5 Å². The standard InChI is InChI=1S/C24H24ClFN4O3/c1-23(2,3)33-22(32)29-11-9-24(10-12-29)20(19-8-5-15(27-4)14-28-19)30(21(24)31)16-6-7-18(26)17(25)13-16/h5-8,13-14,20H,9-12H2,1-3H3. The van der Waals surface area contributed by atoms with Crippen LogP contribution in [0.5, 0.6) is 0 Å². The van der Waals surface area contributed by atoms with Crippen molar-refractivity contribution in [2.24, 2.45) is 5.41 Å². The average molecular weight is 471 g/mol. The summed E-state index contributed by atoms with van der Waals surface area (Å²) in [6.45, 7) is 13.3. The topological polar surface area (TPSA) is 67.1 Å². The Morgan fingerprint density at radius 1 is 1.27 bits per heavy atom. The highest BCUT2D eigenvalue weighted by Gasteiger charge is 2.63. The maximum absolute atomic E-state index is 13.7. The minimum Gasteiger partial charge on any atom is -0.444 e. The molecule has 7 nitrogen and oxygen atoms in total. The van der Waals surface area contributed by atoms with E-state index in [9.17, 15) is 14.0 Å². The monoisotopic (exact) mass is 470 g/mol. The number of hydrogen-bond acceptors (Lipinski definition) is 4. The van der Waals surface area contributed by atoms with Gasteiger partial charge in [0.1, 0.15) is 11.4 Å². The van der Waals surface area contributed by atoms with Gasteiger partial charge in [0, 0.05) is 25.0 Å². The number of pyridine rings is 1. The van der Waals surface area contributed by atoms with Gasteiger partial charge in [0.05, 0.1) is 28.7 Å². The highest BCUT2D eigenvalue weighted by atomic mass is 35.5. The zero-order valence-corrected chi connectivity index (χ0v) is 19.4. The predicted molar refractivity (Wildman–Crippen MR) is 122 cm³/mol. The Labute approximate surface area is 196 Å². The normalized spacial score (nSPS) is 19.8. The van der Waals surface area contributed by atoms with Crippen LogP contribution in [0.2, 0.25) is 5.02 Å². The number of nitrogens with zero attached hydrogens (tertiary/aromatic N) is 4. The summed E-state index contributed by atoms with van der Waals surface area (Å²) >= 11 is 5.98. The summed E-state index contributed by atoms with van der Waals surface area (Å²) in [4.78, 5) is 37.1. The Kier molecular flexibility index (Phi) is 5.79. The van der Waals surface area contributed by atoms with Crippen molar-refractivity contribution >= 4 is 35.0 Å². The van der Waals surface area contributed by atoms with Crippen molar-refractivity contribution in [3.63, 3.8) is 0 Å². The van der Waals surface area contributed by atoms with Crippen molar-refractivity contribution in [2.45, 2.75) is 45.3 Å². The third-order valence-corrected chi connectivity index (χ3v) is 6.38. The molecule has 1 unspecified atom stereocenters. The minimum absolute atomic E-state index is 0.0731. The first-order valence-electron chi connectivity index (χ1n) is 10.7. The lowest BCUT2D eigenvalue weighted by molar-refractivity contribution is -0.145. The van der Waals surface area contributed by atoms with E-state index >= 15 is 0 Å². The number of ether oxygens (including phenoxy) is 1. The van der Waals surface area contributed by atoms with E-state index in [2.05, 4.69) is 9.83 Å². The van der Waals surface area contributed by atoms with Gasteiger partial charge in [-0.3, -0.25) is 9.78 Å². The van der Waals surface area contributed by atoms with Gasteiger partial charge in [-0.05, 0) is 57.9 Å². The number of halogens is 2. The summed E-state index contributed by atoms with van der Waals surface area (Å²) in [5.41, 5.74) is 0.149. The molecule has 0 radical (unpaired) electrons. The molecule has 2 aromatic rings. The molecule has 0 N–H and O–H groups in total. The summed E-state index contributed by atoms with van der Waals surface area (Å²) in [5.74, 6) is -0.681. The smallest absolute Gasteiger partial charge is 0.410 e. The minimum atomic E-state index is -0.758.